The molecule has 1 aliphatic rings. The minimum absolute atomic E-state index is 0.0154. The summed E-state index contributed by atoms with van der Waals surface area (Å²) < 4.78 is 0.617. The number of hydrogen-bond acceptors (Lipinski definition) is 4. The monoisotopic (exact) mass is 396 g/mol. The van der Waals surface area contributed by atoms with Gasteiger partial charge in [0.2, 0.25) is 0 Å². The van der Waals surface area contributed by atoms with E-state index in [-0.39, 0.29) is 5.91 Å². The Morgan fingerprint density at radius 2 is 1.67 bits per heavy atom. The van der Waals surface area contributed by atoms with E-state index in [1.165, 1.54) is 23.0 Å². The summed E-state index contributed by atoms with van der Waals surface area (Å²) in [6.07, 6.45) is 1.93. The van der Waals surface area contributed by atoms with E-state index in [1.807, 2.05) is 18.2 Å². The van der Waals surface area contributed by atoms with Crippen LogP contribution in [0.2, 0.25) is 0 Å². The van der Waals surface area contributed by atoms with Crippen molar-refractivity contribution in [1.82, 2.24) is 4.90 Å². The van der Waals surface area contributed by atoms with E-state index < -0.39 is 0 Å². The number of rotatable bonds is 6. The summed E-state index contributed by atoms with van der Waals surface area (Å²) in [5.41, 5.74) is 4.50. The van der Waals surface area contributed by atoms with Gasteiger partial charge in [-0.15, -0.1) is 0 Å². The molecule has 27 heavy (non-hydrogen) atoms. The van der Waals surface area contributed by atoms with Crippen LogP contribution in [0.4, 0.5) is 5.69 Å². The molecule has 0 spiro atoms. The molecule has 1 saturated heterocycles. The van der Waals surface area contributed by atoms with Gasteiger partial charge in [0.25, 0.3) is 5.91 Å². The van der Waals surface area contributed by atoms with Crippen LogP contribution >= 0.6 is 24.0 Å². The fourth-order valence-corrected chi connectivity index (χ4v) is 4.29. The van der Waals surface area contributed by atoms with Gasteiger partial charge in [-0.05, 0) is 50.1 Å². The summed E-state index contributed by atoms with van der Waals surface area (Å²) >= 11 is 6.82. The van der Waals surface area contributed by atoms with Crippen molar-refractivity contribution in [3.05, 3.63) is 70.1 Å². The Morgan fingerprint density at radius 1 is 1.04 bits per heavy atom. The van der Waals surface area contributed by atoms with Crippen molar-refractivity contribution in [1.29, 1.82) is 0 Å². The van der Waals surface area contributed by atoms with E-state index >= 15 is 0 Å². The summed E-state index contributed by atoms with van der Waals surface area (Å²) in [5, 5.41) is 0. The predicted octanol–water partition coefficient (Wildman–Crippen LogP) is 5.24. The van der Waals surface area contributed by atoms with Gasteiger partial charge < -0.3 is 4.90 Å². The third kappa shape index (κ3) is 4.60. The number of thioether (sulfide) groups is 1. The zero-order valence-corrected chi connectivity index (χ0v) is 17.6. The van der Waals surface area contributed by atoms with E-state index in [9.17, 15) is 4.79 Å². The van der Waals surface area contributed by atoms with Gasteiger partial charge in [-0.2, -0.15) is 0 Å². The molecule has 0 radical (unpaired) electrons. The summed E-state index contributed by atoms with van der Waals surface area (Å²) in [6, 6.07) is 16.5. The third-order valence-corrected chi connectivity index (χ3v) is 6.03. The lowest BCUT2D eigenvalue weighted by molar-refractivity contribution is -0.122. The highest BCUT2D eigenvalue weighted by molar-refractivity contribution is 8.26. The number of anilines is 1. The second kappa shape index (κ2) is 8.72. The van der Waals surface area contributed by atoms with Crippen LogP contribution < -0.4 is 4.90 Å². The largest absolute Gasteiger partial charge is 0.372 e. The van der Waals surface area contributed by atoms with Crippen molar-refractivity contribution < 1.29 is 4.79 Å². The molecule has 0 aromatic heterocycles. The average Bonchev–Trinajstić information content (AvgIpc) is 2.93. The third-order valence-electron chi connectivity index (χ3n) is 4.65. The zero-order valence-electron chi connectivity index (χ0n) is 15.9. The first-order chi connectivity index (χ1) is 13.0. The second-order valence-electron chi connectivity index (χ2n) is 6.52. The van der Waals surface area contributed by atoms with E-state index in [4.69, 9.17) is 12.2 Å². The Hall–Kier alpha value is -2.11. The van der Waals surface area contributed by atoms with Crippen LogP contribution in [0.25, 0.3) is 6.08 Å². The molecule has 1 heterocycles. The van der Waals surface area contributed by atoms with Gasteiger partial charge in [-0.3, -0.25) is 9.69 Å². The van der Waals surface area contributed by atoms with Gasteiger partial charge in [0.1, 0.15) is 4.32 Å². The fraction of sp³-hybridized carbons (Fsp3) is 0.273. The maximum Gasteiger partial charge on any atom is 0.266 e. The lowest BCUT2D eigenvalue weighted by atomic mass is 10.1. The number of hydrogen-bond donors (Lipinski definition) is 0. The maximum absolute atomic E-state index is 12.8. The molecule has 2 aromatic rings. The predicted molar refractivity (Wildman–Crippen MR) is 120 cm³/mol. The second-order valence-corrected chi connectivity index (χ2v) is 8.19. The fourth-order valence-electron chi connectivity index (χ4n) is 3.03. The highest BCUT2D eigenvalue weighted by Crippen LogP contribution is 2.33. The SMILES string of the molecule is CCN(CC)c1ccc(C=C2SC(=S)N(Cc3ccc(C)cc3)C2=O)cc1. The molecule has 0 aliphatic carbocycles. The van der Waals surface area contributed by atoms with E-state index in [2.05, 4.69) is 62.1 Å². The number of benzene rings is 2. The van der Waals surface area contributed by atoms with E-state index in [0.29, 0.717) is 15.8 Å². The van der Waals surface area contributed by atoms with Gasteiger partial charge in [-0.1, -0.05) is 65.9 Å². The minimum atomic E-state index is -0.0154. The molecule has 0 N–H and O–H groups in total. The smallest absolute Gasteiger partial charge is 0.266 e. The van der Waals surface area contributed by atoms with Crippen LogP contribution in [0.5, 0.6) is 0 Å². The van der Waals surface area contributed by atoms with Crippen LogP contribution in [-0.4, -0.2) is 28.2 Å². The van der Waals surface area contributed by atoms with Gasteiger partial charge in [-0.25, -0.2) is 0 Å². The Bertz CT molecular complexity index is 853. The maximum atomic E-state index is 12.8. The first kappa shape index (κ1) is 19.6. The molecule has 2 aromatic carbocycles. The van der Waals surface area contributed by atoms with Crippen LogP contribution in [0.1, 0.15) is 30.5 Å². The number of thiocarbonyl (C=S) groups is 1. The van der Waals surface area contributed by atoms with Crippen molar-refractivity contribution in [3.8, 4) is 0 Å². The Morgan fingerprint density at radius 3 is 2.26 bits per heavy atom. The van der Waals surface area contributed by atoms with E-state index in [0.717, 1.165) is 24.2 Å². The average molecular weight is 397 g/mol. The highest BCUT2D eigenvalue weighted by Gasteiger charge is 2.31. The molecule has 0 bridgehead atoms. The van der Waals surface area contributed by atoms with Gasteiger partial charge in [0.15, 0.2) is 0 Å². The van der Waals surface area contributed by atoms with Crippen molar-refractivity contribution in [2.75, 3.05) is 18.0 Å². The first-order valence-electron chi connectivity index (χ1n) is 9.17. The molecule has 3 rings (SSSR count). The highest BCUT2D eigenvalue weighted by atomic mass is 32.2. The number of carbonyl (C=O) groups excluding carboxylic acids is 1. The van der Waals surface area contributed by atoms with Crippen molar-refractivity contribution in [3.63, 3.8) is 0 Å². The Kier molecular flexibility index (Phi) is 6.34. The van der Waals surface area contributed by atoms with Crippen LogP contribution in [0.3, 0.4) is 0 Å². The molecule has 1 amide bonds. The van der Waals surface area contributed by atoms with Crippen molar-refractivity contribution >= 4 is 46.0 Å². The lowest BCUT2D eigenvalue weighted by Gasteiger charge is -2.20. The Labute approximate surface area is 171 Å². The standard InChI is InChI=1S/C22H24N2OS2/c1-4-23(5-2)19-12-10-17(11-13-19)14-20-21(25)24(22(26)27-20)15-18-8-6-16(3)7-9-18/h6-14H,4-5,15H2,1-3H3. The molecular formula is C22H24N2OS2. The molecule has 0 unspecified atom stereocenters. The molecule has 0 saturated carbocycles. The molecule has 140 valence electrons. The van der Waals surface area contributed by atoms with Crippen molar-refractivity contribution in [2.45, 2.75) is 27.3 Å². The number of amides is 1. The molecule has 5 heteroatoms. The molecular weight excluding hydrogens is 372 g/mol. The number of carbonyl (C=O) groups is 1. The first-order valence-corrected chi connectivity index (χ1v) is 10.4. The van der Waals surface area contributed by atoms with Gasteiger partial charge in [0, 0.05) is 18.8 Å². The minimum Gasteiger partial charge on any atom is -0.372 e. The zero-order chi connectivity index (χ0) is 19.4. The molecule has 3 nitrogen and oxygen atoms in total. The number of aryl methyl sites for hydroxylation is 1. The van der Waals surface area contributed by atoms with Crippen LogP contribution in [0, 0.1) is 6.92 Å². The van der Waals surface area contributed by atoms with Gasteiger partial charge in [0.05, 0.1) is 11.4 Å². The Balaban J connectivity index is 1.74. The molecule has 1 fully saturated rings. The van der Waals surface area contributed by atoms with Crippen LogP contribution in [-0.2, 0) is 11.3 Å². The molecule has 1 aliphatic heterocycles. The summed E-state index contributed by atoms with van der Waals surface area (Å²) in [5.74, 6) is -0.0154. The summed E-state index contributed by atoms with van der Waals surface area (Å²) in [6.45, 7) is 8.83. The van der Waals surface area contributed by atoms with Crippen molar-refractivity contribution in [2.24, 2.45) is 0 Å². The lowest BCUT2D eigenvalue weighted by Crippen LogP contribution is -2.27. The van der Waals surface area contributed by atoms with Gasteiger partial charge >= 0.3 is 0 Å². The normalized spacial score (nSPS) is 15.7. The summed E-state index contributed by atoms with van der Waals surface area (Å²) in [4.78, 5) is 17.5. The van der Waals surface area contributed by atoms with Crippen LogP contribution in [0.15, 0.2) is 53.4 Å². The number of nitrogens with zero attached hydrogens (tertiary/aromatic N) is 2. The summed E-state index contributed by atoms with van der Waals surface area (Å²) in [7, 11) is 0. The quantitative estimate of drug-likeness (QED) is 0.492. The molecule has 0 atom stereocenters. The topological polar surface area (TPSA) is 23.6 Å². The van der Waals surface area contributed by atoms with E-state index in [1.54, 1.807) is 4.90 Å².